The van der Waals surface area contributed by atoms with Gasteiger partial charge in [-0.25, -0.2) is 0 Å². The summed E-state index contributed by atoms with van der Waals surface area (Å²) >= 11 is 0. The third-order valence-electron chi connectivity index (χ3n) is 5.50. The summed E-state index contributed by atoms with van der Waals surface area (Å²) in [5.74, 6) is -0.150. The van der Waals surface area contributed by atoms with Gasteiger partial charge in [-0.3, -0.25) is 9.59 Å². The van der Waals surface area contributed by atoms with E-state index in [4.69, 9.17) is 5.26 Å². The highest BCUT2D eigenvalue weighted by atomic mass is 16.3. The van der Waals surface area contributed by atoms with Gasteiger partial charge in [0, 0.05) is 13.1 Å². The summed E-state index contributed by atoms with van der Waals surface area (Å²) in [5.41, 5.74) is -0.860. The van der Waals surface area contributed by atoms with Crippen LogP contribution in [0.3, 0.4) is 0 Å². The minimum Gasteiger partial charge on any atom is -0.385 e. The highest BCUT2D eigenvalue weighted by Crippen LogP contribution is 2.40. The van der Waals surface area contributed by atoms with Gasteiger partial charge in [-0.05, 0) is 24.5 Å². The van der Waals surface area contributed by atoms with Crippen molar-refractivity contribution in [2.75, 3.05) is 26.2 Å². The van der Waals surface area contributed by atoms with E-state index < -0.39 is 11.0 Å². The Morgan fingerprint density at radius 1 is 1.19 bits per heavy atom. The van der Waals surface area contributed by atoms with E-state index in [1.807, 2.05) is 36.4 Å². The molecule has 2 aliphatic rings. The zero-order valence-electron chi connectivity index (χ0n) is 14.7. The van der Waals surface area contributed by atoms with Crippen LogP contribution < -0.4 is 0 Å². The van der Waals surface area contributed by atoms with Crippen molar-refractivity contribution < 1.29 is 14.7 Å². The lowest BCUT2D eigenvalue weighted by atomic mass is 9.70. The Labute approximate surface area is 153 Å². The van der Waals surface area contributed by atoms with Crippen LogP contribution in [0.25, 0.3) is 0 Å². The molecule has 26 heavy (non-hydrogen) atoms. The highest BCUT2D eigenvalue weighted by molar-refractivity contribution is 5.91. The maximum atomic E-state index is 13.3. The van der Waals surface area contributed by atoms with Crippen LogP contribution in [-0.2, 0) is 15.0 Å². The molecule has 6 nitrogen and oxygen atoms in total. The Kier molecular flexibility index (Phi) is 4.84. The number of hydrogen-bond donors (Lipinski definition) is 1. The summed E-state index contributed by atoms with van der Waals surface area (Å²) in [6.45, 7) is 4.87. The summed E-state index contributed by atoms with van der Waals surface area (Å²) in [6, 6.07) is 11.6. The first-order chi connectivity index (χ1) is 12.4. The number of β-amino-alcohol motifs (C(OH)–C–C–N with tert-alkyl or cyclic N) is 1. The number of nitrogens with zero attached hydrogens (tertiary/aromatic N) is 3. The van der Waals surface area contributed by atoms with Crippen LogP contribution in [0, 0.1) is 11.3 Å². The first-order valence-corrected chi connectivity index (χ1v) is 8.80. The third kappa shape index (κ3) is 3.11. The molecule has 0 radical (unpaired) electrons. The lowest BCUT2D eigenvalue weighted by Gasteiger charge is -2.51. The van der Waals surface area contributed by atoms with E-state index in [1.54, 1.807) is 9.80 Å². The topological polar surface area (TPSA) is 84.6 Å². The van der Waals surface area contributed by atoms with Crippen molar-refractivity contribution in [3.8, 4) is 6.07 Å². The molecule has 1 N–H and O–H groups in total. The fraction of sp³-hybridized carbons (Fsp3) is 0.450. The fourth-order valence-corrected chi connectivity index (χ4v) is 3.99. The monoisotopic (exact) mass is 353 g/mol. The Morgan fingerprint density at radius 2 is 1.81 bits per heavy atom. The van der Waals surface area contributed by atoms with Crippen molar-refractivity contribution in [1.29, 1.82) is 5.26 Å². The molecule has 2 saturated heterocycles. The van der Waals surface area contributed by atoms with Crippen molar-refractivity contribution in [2.24, 2.45) is 0 Å². The van der Waals surface area contributed by atoms with Gasteiger partial charge < -0.3 is 14.9 Å². The third-order valence-corrected chi connectivity index (χ3v) is 5.50. The Hall–Kier alpha value is -2.65. The number of benzene rings is 1. The Bertz CT molecular complexity index is 739. The average molecular weight is 353 g/mol. The fourth-order valence-electron chi connectivity index (χ4n) is 3.99. The number of likely N-dealkylation sites (tertiary alicyclic amines) is 2. The molecule has 3 rings (SSSR count). The van der Waals surface area contributed by atoms with E-state index in [0.29, 0.717) is 25.9 Å². The second kappa shape index (κ2) is 6.93. The summed E-state index contributed by atoms with van der Waals surface area (Å²) < 4.78 is 0. The van der Waals surface area contributed by atoms with E-state index in [-0.39, 0.29) is 31.3 Å². The zero-order valence-corrected chi connectivity index (χ0v) is 14.7. The van der Waals surface area contributed by atoms with Crippen molar-refractivity contribution in [3.05, 3.63) is 48.6 Å². The van der Waals surface area contributed by atoms with Crippen LogP contribution in [0.15, 0.2) is 43.0 Å². The number of carbonyl (C=O) groups excluding carboxylic acids is 2. The summed E-state index contributed by atoms with van der Waals surface area (Å²) in [6.07, 6.45) is 2.39. The Morgan fingerprint density at radius 3 is 2.35 bits per heavy atom. The number of aliphatic hydroxyl groups is 1. The molecule has 2 heterocycles. The summed E-state index contributed by atoms with van der Waals surface area (Å²) in [5, 5.41) is 19.1. The molecule has 2 amide bonds. The van der Waals surface area contributed by atoms with Gasteiger partial charge in [-0.15, -0.1) is 0 Å². The molecule has 136 valence electrons. The number of rotatable bonds is 4. The quantitative estimate of drug-likeness (QED) is 0.825. The van der Waals surface area contributed by atoms with Gasteiger partial charge in [-0.2, -0.15) is 5.26 Å². The molecule has 0 spiro atoms. The smallest absolute Gasteiger partial charge is 0.245 e. The average Bonchev–Trinajstić information content (AvgIpc) is 2.65. The zero-order chi connectivity index (χ0) is 18.8. The molecule has 1 aromatic carbocycles. The predicted octanol–water partition coefficient (Wildman–Crippen LogP) is 1.22. The highest BCUT2D eigenvalue weighted by Gasteiger charge is 2.51. The van der Waals surface area contributed by atoms with Crippen LogP contribution in [0.4, 0.5) is 0 Å². The SMILES string of the molecule is C=CC(=O)N1CCC(C(=O)N2CC(O)(CC#N)C2)(c2ccccc2)CC1. The van der Waals surface area contributed by atoms with E-state index in [2.05, 4.69) is 6.58 Å². The van der Waals surface area contributed by atoms with E-state index in [0.717, 1.165) is 5.56 Å². The first kappa shape index (κ1) is 18.2. The van der Waals surface area contributed by atoms with Crippen LogP contribution in [0.5, 0.6) is 0 Å². The predicted molar refractivity (Wildman–Crippen MR) is 95.9 cm³/mol. The number of carbonyl (C=O) groups is 2. The van der Waals surface area contributed by atoms with Crippen molar-refractivity contribution >= 4 is 11.8 Å². The van der Waals surface area contributed by atoms with Gasteiger partial charge in [-0.1, -0.05) is 36.9 Å². The minimum absolute atomic E-state index is 0.0245. The van der Waals surface area contributed by atoms with Gasteiger partial charge in [0.1, 0.15) is 5.60 Å². The molecule has 0 atom stereocenters. The molecule has 0 bridgehead atoms. The molecule has 0 aliphatic carbocycles. The maximum Gasteiger partial charge on any atom is 0.245 e. The molecule has 6 heteroatoms. The Balaban J connectivity index is 1.82. The van der Waals surface area contributed by atoms with Crippen molar-refractivity contribution in [1.82, 2.24) is 9.80 Å². The normalized spacial score (nSPS) is 20.6. The maximum absolute atomic E-state index is 13.3. The van der Waals surface area contributed by atoms with E-state index in [9.17, 15) is 14.7 Å². The molecule has 2 aliphatic heterocycles. The van der Waals surface area contributed by atoms with E-state index in [1.165, 1.54) is 6.08 Å². The summed E-state index contributed by atoms with van der Waals surface area (Å²) in [7, 11) is 0. The molecule has 1 aromatic rings. The van der Waals surface area contributed by atoms with Crippen molar-refractivity contribution in [2.45, 2.75) is 30.3 Å². The van der Waals surface area contributed by atoms with Gasteiger partial charge in [0.2, 0.25) is 11.8 Å². The largest absolute Gasteiger partial charge is 0.385 e. The number of piperidine rings is 1. The minimum atomic E-state index is -1.10. The van der Waals surface area contributed by atoms with Crippen molar-refractivity contribution in [3.63, 3.8) is 0 Å². The van der Waals surface area contributed by atoms with Gasteiger partial charge >= 0.3 is 0 Å². The van der Waals surface area contributed by atoms with Crippen LogP contribution in [0.1, 0.15) is 24.8 Å². The van der Waals surface area contributed by atoms with Gasteiger partial charge in [0.25, 0.3) is 0 Å². The number of amides is 2. The first-order valence-electron chi connectivity index (χ1n) is 8.80. The molecular formula is C20H23N3O3. The standard InChI is InChI=1S/C20H23N3O3/c1-2-17(24)22-12-9-20(10-13-22,16-6-4-3-5-7-16)18(25)23-14-19(26,15-23)8-11-21/h2-7,26H,1,8-10,12-15H2. The van der Waals surface area contributed by atoms with Crippen LogP contribution >= 0.6 is 0 Å². The number of nitriles is 1. The van der Waals surface area contributed by atoms with Crippen LogP contribution in [0.2, 0.25) is 0 Å². The molecule has 0 saturated carbocycles. The summed E-state index contributed by atoms with van der Waals surface area (Å²) in [4.78, 5) is 28.6. The second-order valence-corrected chi connectivity index (χ2v) is 7.20. The molecule has 0 unspecified atom stereocenters. The molecule has 0 aromatic heterocycles. The van der Waals surface area contributed by atoms with Crippen LogP contribution in [-0.4, -0.2) is 58.5 Å². The molecule has 2 fully saturated rings. The molecular weight excluding hydrogens is 330 g/mol. The lowest BCUT2D eigenvalue weighted by molar-refractivity contribution is -0.163. The number of hydrogen-bond acceptors (Lipinski definition) is 4. The van der Waals surface area contributed by atoms with E-state index >= 15 is 0 Å². The second-order valence-electron chi connectivity index (χ2n) is 7.20. The van der Waals surface area contributed by atoms with Gasteiger partial charge in [0.05, 0.1) is 31.0 Å². The lowest BCUT2D eigenvalue weighted by Crippen LogP contribution is -2.67. The van der Waals surface area contributed by atoms with Gasteiger partial charge in [0.15, 0.2) is 0 Å².